The topological polar surface area (TPSA) is 28.2 Å². The van der Waals surface area contributed by atoms with Gasteiger partial charge in [-0.1, -0.05) is 6.07 Å². The van der Waals surface area contributed by atoms with Crippen LogP contribution >= 0.6 is 11.8 Å². The second-order valence-electron chi connectivity index (χ2n) is 4.98. The van der Waals surface area contributed by atoms with Crippen molar-refractivity contribution < 1.29 is 0 Å². The zero-order valence-corrected chi connectivity index (χ0v) is 11.6. The number of aromatic nitrogens is 1. The molecule has 0 aromatic carbocycles. The lowest BCUT2D eigenvalue weighted by atomic mass is 10.1. The Morgan fingerprint density at radius 3 is 3.06 bits per heavy atom. The molecule has 0 saturated carbocycles. The van der Waals surface area contributed by atoms with E-state index in [-0.39, 0.29) is 0 Å². The summed E-state index contributed by atoms with van der Waals surface area (Å²) in [6, 6.07) is 4.52. The highest BCUT2D eigenvalue weighted by Crippen LogP contribution is 2.20. The quantitative estimate of drug-likeness (QED) is 0.835. The maximum atomic E-state index is 4.92. The van der Waals surface area contributed by atoms with Crippen LogP contribution in [-0.4, -0.2) is 42.7 Å². The second kappa shape index (κ2) is 5.93. The van der Waals surface area contributed by atoms with Gasteiger partial charge in [-0.15, -0.1) is 0 Å². The van der Waals surface area contributed by atoms with Crippen molar-refractivity contribution in [2.24, 2.45) is 0 Å². The van der Waals surface area contributed by atoms with E-state index in [0.717, 1.165) is 39.0 Å². The van der Waals surface area contributed by atoms with Crippen molar-refractivity contribution in [2.75, 3.05) is 42.6 Å². The molecule has 2 aliphatic rings. The zero-order valence-electron chi connectivity index (χ0n) is 10.8. The predicted molar refractivity (Wildman–Crippen MR) is 78.7 cm³/mol. The monoisotopic (exact) mass is 263 g/mol. The maximum Gasteiger partial charge on any atom is 0.128 e. The molecule has 1 aromatic heterocycles. The Bertz CT molecular complexity index is 400. The van der Waals surface area contributed by atoms with Gasteiger partial charge in [0.15, 0.2) is 0 Å². The van der Waals surface area contributed by atoms with Gasteiger partial charge >= 0.3 is 0 Å². The van der Waals surface area contributed by atoms with Crippen LogP contribution in [0.3, 0.4) is 0 Å². The molecule has 98 valence electrons. The number of rotatable bonds is 1. The van der Waals surface area contributed by atoms with E-state index in [1.807, 2.05) is 0 Å². The summed E-state index contributed by atoms with van der Waals surface area (Å²) in [6.45, 7) is 4.47. The van der Waals surface area contributed by atoms with Gasteiger partial charge in [0.2, 0.25) is 0 Å². The summed E-state index contributed by atoms with van der Waals surface area (Å²) in [6.07, 6.45) is 3.48. The molecule has 0 unspecified atom stereocenters. The van der Waals surface area contributed by atoms with E-state index < -0.39 is 0 Å². The average molecular weight is 263 g/mol. The second-order valence-corrected chi connectivity index (χ2v) is 6.20. The normalized spacial score (nSPS) is 21.0. The molecule has 0 atom stereocenters. The fourth-order valence-corrected chi connectivity index (χ4v) is 3.56. The summed E-state index contributed by atoms with van der Waals surface area (Å²) in [5, 5.41) is 3.45. The van der Waals surface area contributed by atoms with E-state index in [0.29, 0.717) is 0 Å². The number of fused-ring (bicyclic) bond motifs is 1. The summed E-state index contributed by atoms with van der Waals surface area (Å²) in [4.78, 5) is 7.37. The summed E-state index contributed by atoms with van der Waals surface area (Å²) >= 11 is 2.07. The molecule has 0 bridgehead atoms. The lowest BCUT2D eigenvalue weighted by Crippen LogP contribution is -2.26. The third-order valence-electron chi connectivity index (χ3n) is 3.71. The number of nitrogens with one attached hydrogen (secondary N) is 1. The van der Waals surface area contributed by atoms with Crippen LogP contribution in [0.1, 0.15) is 17.7 Å². The lowest BCUT2D eigenvalue weighted by molar-refractivity contribution is 0.707. The first-order chi connectivity index (χ1) is 8.93. The first-order valence-electron chi connectivity index (χ1n) is 6.96. The SMILES string of the molecule is c1cc2c(nc1N1CCCSCC1)CCNCC2. The molecular formula is C14H21N3S. The first kappa shape index (κ1) is 12.3. The van der Waals surface area contributed by atoms with Gasteiger partial charge in [-0.25, -0.2) is 4.98 Å². The standard InChI is InChI=1S/C14H21N3S/c1-8-17(9-11-18-10-1)14-3-2-12-4-6-15-7-5-13(12)16-14/h2-3,15H,1,4-11H2. The number of nitrogens with zero attached hydrogens (tertiary/aromatic N) is 2. The zero-order chi connectivity index (χ0) is 12.2. The third-order valence-corrected chi connectivity index (χ3v) is 4.76. The highest BCUT2D eigenvalue weighted by molar-refractivity contribution is 7.99. The van der Waals surface area contributed by atoms with Crippen LogP contribution in [0.4, 0.5) is 5.82 Å². The van der Waals surface area contributed by atoms with Gasteiger partial charge in [0, 0.05) is 37.5 Å². The van der Waals surface area contributed by atoms with Gasteiger partial charge in [-0.3, -0.25) is 0 Å². The van der Waals surface area contributed by atoms with E-state index in [1.165, 1.54) is 35.0 Å². The van der Waals surface area contributed by atoms with Crippen LogP contribution in [0.15, 0.2) is 12.1 Å². The van der Waals surface area contributed by atoms with E-state index in [2.05, 4.69) is 34.1 Å². The summed E-state index contributed by atoms with van der Waals surface area (Å²) in [5.41, 5.74) is 2.75. The summed E-state index contributed by atoms with van der Waals surface area (Å²) < 4.78 is 0. The minimum atomic E-state index is 1.07. The van der Waals surface area contributed by atoms with Gasteiger partial charge < -0.3 is 10.2 Å². The van der Waals surface area contributed by atoms with E-state index >= 15 is 0 Å². The van der Waals surface area contributed by atoms with Crippen molar-refractivity contribution in [1.82, 2.24) is 10.3 Å². The number of hydrogen-bond donors (Lipinski definition) is 1. The predicted octanol–water partition coefficient (Wildman–Crippen LogP) is 1.71. The van der Waals surface area contributed by atoms with Crippen molar-refractivity contribution >= 4 is 17.6 Å². The minimum absolute atomic E-state index is 1.07. The van der Waals surface area contributed by atoms with E-state index in [9.17, 15) is 0 Å². The van der Waals surface area contributed by atoms with Crippen molar-refractivity contribution in [3.63, 3.8) is 0 Å². The molecule has 3 nitrogen and oxygen atoms in total. The highest BCUT2D eigenvalue weighted by atomic mass is 32.2. The van der Waals surface area contributed by atoms with Gasteiger partial charge in [0.05, 0.1) is 0 Å². The Kier molecular flexibility index (Phi) is 4.06. The van der Waals surface area contributed by atoms with Crippen LogP contribution in [0, 0.1) is 0 Å². The highest BCUT2D eigenvalue weighted by Gasteiger charge is 2.14. The third kappa shape index (κ3) is 2.81. The molecule has 18 heavy (non-hydrogen) atoms. The fourth-order valence-electron chi connectivity index (χ4n) is 2.67. The van der Waals surface area contributed by atoms with Crippen LogP contribution in [-0.2, 0) is 12.8 Å². The molecule has 0 aliphatic carbocycles. The maximum absolute atomic E-state index is 4.92. The molecule has 1 N–H and O–H groups in total. The Balaban J connectivity index is 1.81. The fraction of sp³-hybridized carbons (Fsp3) is 0.643. The number of anilines is 1. The summed E-state index contributed by atoms with van der Waals surface area (Å²) in [7, 11) is 0. The molecule has 1 fully saturated rings. The van der Waals surface area contributed by atoms with Crippen molar-refractivity contribution in [2.45, 2.75) is 19.3 Å². The van der Waals surface area contributed by atoms with Crippen LogP contribution in [0.2, 0.25) is 0 Å². The van der Waals surface area contributed by atoms with Gasteiger partial charge in [-0.2, -0.15) is 11.8 Å². The van der Waals surface area contributed by atoms with Crippen molar-refractivity contribution in [3.05, 3.63) is 23.4 Å². The first-order valence-corrected chi connectivity index (χ1v) is 8.11. The Morgan fingerprint density at radius 2 is 2.06 bits per heavy atom. The molecule has 0 amide bonds. The number of thioether (sulfide) groups is 1. The molecular weight excluding hydrogens is 242 g/mol. The van der Waals surface area contributed by atoms with E-state index in [1.54, 1.807) is 0 Å². The Morgan fingerprint density at radius 1 is 1.11 bits per heavy atom. The Hall–Kier alpha value is -0.740. The van der Waals surface area contributed by atoms with Crippen LogP contribution in [0.25, 0.3) is 0 Å². The smallest absolute Gasteiger partial charge is 0.128 e. The number of pyridine rings is 1. The van der Waals surface area contributed by atoms with Crippen LogP contribution < -0.4 is 10.2 Å². The van der Waals surface area contributed by atoms with Crippen molar-refractivity contribution in [3.8, 4) is 0 Å². The largest absolute Gasteiger partial charge is 0.356 e. The van der Waals surface area contributed by atoms with Gasteiger partial charge in [-0.05, 0) is 36.8 Å². The molecule has 3 rings (SSSR count). The van der Waals surface area contributed by atoms with E-state index in [4.69, 9.17) is 4.98 Å². The molecule has 0 spiro atoms. The molecule has 4 heteroatoms. The molecule has 1 saturated heterocycles. The molecule has 3 heterocycles. The minimum Gasteiger partial charge on any atom is -0.356 e. The van der Waals surface area contributed by atoms with Gasteiger partial charge in [0.1, 0.15) is 5.82 Å². The molecule has 0 radical (unpaired) electrons. The van der Waals surface area contributed by atoms with Crippen molar-refractivity contribution in [1.29, 1.82) is 0 Å². The summed E-state index contributed by atoms with van der Waals surface area (Å²) in [5.74, 6) is 3.73. The van der Waals surface area contributed by atoms with Crippen LogP contribution in [0.5, 0.6) is 0 Å². The average Bonchev–Trinajstić information content (AvgIpc) is 2.80. The molecule has 1 aromatic rings. The number of hydrogen-bond acceptors (Lipinski definition) is 4. The molecule has 2 aliphatic heterocycles. The van der Waals surface area contributed by atoms with Gasteiger partial charge in [0.25, 0.3) is 0 Å². The lowest BCUT2D eigenvalue weighted by Gasteiger charge is -2.22. The Labute approximate surface area is 113 Å².